The van der Waals surface area contributed by atoms with Crippen molar-refractivity contribution in [1.29, 1.82) is 0 Å². The van der Waals surface area contributed by atoms with Crippen molar-refractivity contribution in [2.24, 2.45) is 5.73 Å². The number of hydrogen-bond acceptors (Lipinski definition) is 6. The number of nitrogens with two attached hydrogens (primary N) is 1. The maximum atomic E-state index is 13.0. The molecule has 1 saturated carbocycles. The van der Waals surface area contributed by atoms with Gasteiger partial charge >= 0.3 is 6.18 Å². The molecule has 176 valence electrons. The molecule has 0 spiro atoms. The first-order valence-corrected chi connectivity index (χ1v) is 10.7. The van der Waals surface area contributed by atoms with E-state index in [-0.39, 0.29) is 22.4 Å². The molecular formula is C24H21F3N4O3. The largest absolute Gasteiger partial charge is 0.437 e. The summed E-state index contributed by atoms with van der Waals surface area (Å²) in [6, 6.07) is 12.3. The van der Waals surface area contributed by atoms with Crippen molar-refractivity contribution < 1.29 is 22.7 Å². The standard InChI is InChI=1S/C24H21F3N4O3/c25-24(26,27)12-31-13-30-21-19(22(31)33)18(17-3-1-2-10-29-17)20(34-21)14-4-6-15(7-5-14)23(28)9-8-16(32)11-23/h1-7,10,13,16,32H,8-9,11-12,28H2/t16?,23-/m1/s1. The number of pyridine rings is 1. The molecule has 0 radical (unpaired) electrons. The van der Waals surface area contributed by atoms with E-state index >= 15 is 0 Å². The summed E-state index contributed by atoms with van der Waals surface area (Å²) in [4.78, 5) is 21.3. The molecule has 1 fully saturated rings. The second-order valence-corrected chi connectivity index (χ2v) is 8.62. The first-order chi connectivity index (χ1) is 16.1. The van der Waals surface area contributed by atoms with Crippen molar-refractivity contribution in [3.05, 3.63) is 70.9 Å². The van der Waals surface area contributed by atoms with Crippen LogP contribution in [0.3, 0.4) is 0 Å². The highest BCUT2D eigenvalue weighted by molar-refractivity contribution is 5.98. The number of furan rings is 1. The van der Waals surface area contributed by atoms with E-state index in [2.05, 4.69) is 9.97 Å². The van der Waals surface area contributed by atoms with E-state index in [1.54, 1.807) is 30.3 Å². The minimum Gasteiger partial charge on any atom is -0.437 e. The molecule has 3 heterocycles. The minimum atomic E-state index is -4.58. The van der Waals surface area contributed by atoms with Gasteiger partial charge in [0.05, 0.1) is 17.4 Å². The van der Waals surface area contributed by atoms with Crippen LogP contribution in [0.2, 0.25) is 0 Å². The predicted molar refractivity (Wildman–Crippen MR) is 119 cm³/mol. The molecule has 2 atom stereocenters. The number of hydrogen-bond donors (Lipinski definition) is 2. The highest BCUT2D eigenvalue weighted by Gasteiger charge is 2.36. The Morgan fingerprint density at radius 2 is 1.94 bits per heavy atom. The third kappa shape index (κ3) is 3.99. The Hall–Kier alpha value is -3.50. The number of aliphatic hydroxyl groups excluding tert-OH is 1. The van der Waals surface area contributed by atoms with Gasteiger partial charge in [-0.2, -0.15) is 13.2 Å². The Labute approximate surface area is 191 Å². The molecule has 4 aromatic rings. The summed E-state index contributed by atoms with van der Waals surface area (Å²) in [7, 11) is 0. The van der Waals surface area contributed by atoms with Gasteiger partial charge in [-0.05, 0) is 37.0 Å². The maximum Gasteiger partial charge on any atom is 0.406 e. The lowest BCUT2D eigenvalue weighted by Gasteiger charge is -2.24. The highest BCUT2D eigenvalue weighted by atomic mass is 19.4. The second-order valence-electron chi connectivity index (χ2n) is 8.62. The van der Waals surface area contributed by atoms with E-state index in [1.165, 1.54) is 6.20 Å². The van der Waals surface area contributed by atoms with Crippen molar-refractivity contribution in [2.45, 2.75) is 43.6 Å². The van der Waals surface area contributed by atoms with E-state index in [0.717, 1.165) is 11.9 Å². The van der Waals surface area contributed by atoms with Gasteiger partial charge in [0, 0.05) is 17.3 Å². The molecule has 1 aliphatic rings. The van der Waals surface area contributed by atoms with E-state index < -0.39 is 29.9 Å². The zero-order valence-electron chi connectivity index (χ0n) is 17.9. The molecule has 1 aliphatic carbocycles. The third-order valence-corrected chi connectivity index (χ3v) is 6.19. The van der Waals surface area contributed by atoms with Crippen LogP contribution >= 0.6 is 0 Å². The maximum absolute atomic E-state index is 13.0. The van der Waals surface area contributed by atoms with Gasteiger partial charge in [-0.1, -0.05) is 30.3 Å². The van der Waals surface area contributed by atoms with Gasteiger partial charge in [-0.3, -0.25) is 14.3 Å². The number of alkyl halides is 3. The molecule has 7 nitrogen and oxygen atoms in total. The minimum absolute atomic E-state index is 0.0706. The Balaban J connectivity index is 1.67. The normalized spacial score (nSPS) is 20.8. The molecule has 10 heteroatoms. The van der Waals surface area contributed by atoms with E-state index in [0.29, 0.717) is 35.1 Å². The van der Waals surface area contributed by atoms with Crippen LogP contribution in [0.15, 0.2) is 64.2 Å². The molecule has 3 aromatic heterocycles. The lowest BCUT2D eigenvalue weighted by molar-refractivity contribution is -0.141. The van der Waals surface area contributed by atoms with E-state index in [9.17, 15) is 23.1 Å². The molecule has 0 saturated heterocycles. The molecule has 0 bridgehead atoms. The number of nitrogens with zero attached hydrogens (tertiary/aromatic N) is 3. The van der Waals surface area contributed by atoms with Gasteiger partial charge < -0.3 is 15.3 Å². The summed E-state index contributed by atoms with van der Waals surface area (Å²) in [5.74, 6) is 0.270. The average molecular weight is 470 g/mol. The van der Waals surface area contributed by atoms with Crippen molar-refractivity contribution in [3.63, 3.8) is 0 Å². The molecule has 34 heavy (non-hydrogen) atoms. The zero-order chi connectivity index (χ0) is 24.1. The number of aliphatic hydroxyl groups is 1. The fourth-order valence-electron chi connectivity index (χ4n) is 4.56. The van der Waals surface area contributed by atoms with Gasteiger partial charge in [0.15, 0.2) is 0 Å². The fraction of sp³-hybridized carbons (Fsp3) is 0.292. The van der Waals surface area contributed by atoms with Crippen LogP contribution < -0.4 is 11.3 Å². The first-order valence-electron chi connectivity index (χ1n) is 10.7. The summed E-state index contributed by atoms with van der Waals surface area (Å²) in [5.41, 5.74) is 7.01. The second kappa shape index (κ2) is 8.07. The van der Waals surface area contributed by atoms with E-state index in [1.807, 2.05) is 12.1 Å². The number of halogens is 3. The monoisotopic (exact) mass is 470 g/mol. The van der Waals surface area contributed by atoms with Gasteiger partial charge in [-0.15, -0.1) is 0 Å². The van der Waals surface area contributed by atoms with Crippen LogP contribution in [0, 0.1) is 0 Å². The smallest absolute Gasteiger partial charge is 0.406 e. The van der Waals surface area contributed by atoms with Crippen LogP contribution in [0.25, 0.3) is 33.7 Å². The van der Waals surface area contributed by atoms with Crippen molar-refractivity contribution in [2.75, 3.05) is 0 Å². The Morgan fingerprint density at radius 1 is 1.18 bits per heavy atom. The van der Waals surface area contributed by atoms with E-state index in [4.69, 9.17) is 10.2 Å². The van der Waals surface area contributed by atoms with Gasteiger partial charge in [0.2, 0.25) is 5.71 Å². The summed E-state index contributed by atoms with van der Waals surface area (Å²) in [5, 5.41) is 9.84. The molecule has 1 aromatic carbocycles. The topological polar surface area (TPSA) is 107 Å². The lowest BCUT2D eigenvalue weighted by atomic mass is 9.88. The average Bonchev–Trinajstić information content (AvgIpc) is 3.37. The van der Waals surface area contributed by atoms with Gasteiger partial charge in [-0.25, -0.2) is 4.98 Å². The summed E-state index contributed by atoms with van der Waals surface area (Å²) >= 11 is 0. The Bertz CT molecular complexity index is 1400. The van der Waals surface area contributed by atoms with Crippen LogP contribution in [0.4, 0.5) is 13.2 Å². The summed E-state index contributed by atoms with van der Waals surface area (Å²) in [6.07, 6.45) is -0.935. The SMILES string of the molecule is N[C@]1(c2ccc(-c3oc4ncn(CC(F)(F)F)c(=O)c4c3-c3ccccn3)cc2)CCC(O)C1. The van der Waals surface area contributed by atoms with Gasteiger partial charge in [0.1, 0.15) is 24.0 Å². The van der Waals surface area contributed by atoms with Crippen LogP contribution in [0.1, 0.15) is 24.8 Å². The molecule has 0 amide bonds. The first kappa shape index (κ1) is 22.3. The van der Waals surface area contributed by atoms with Crippen LogP contribution in [-0.4, -0.2) is 31.9 Å². The molecule has 3 N–H and O–H groups in total. The Morgan fingerprint density at radius 3 is 2.56 bits per heavy atom. The van der Waals surface area contributed by atoms with Crippen molar-refractivity contribution in [3.8, 4) is 22.6 Å². The predicted octanol–water partition coefficient (Wildman–Crippen LogP) is 3.98. The van der Waals surface area contributed by atoms with Crippen LogP contribution in [0.5, 0.6) is 0 Å². The molecule has 1 unspecified atom stereocenters. The van der Waals surface area contributed by atoms with Crippen molar-refractivity contribution >= 4 is 11.1 Å². The summed E-state index contributed by atoms with van der Waals surface area (Å²) < 4.78 is 45.4. The van der Waals surface area contributed by atoms with Crippen LogP contribution in [-0.2, 0) is 12.1 Å². The number of benzene rings is 1. The number of fused-ring (bicyclic) bond motifs is 1. The van der Waals surface area contributed by atoms with Crippen molar-refractivity contribution in [1.82, 2.24) is 14.5 Å². The van der Waals surface area contributed by atoms with Gasteiger partial charge in [0.25, 0.3) is 5.56 Å². The molecule has 0 aliphatic heterocycles. The fourth-order valence-corrected chi connectivity index (χ4v) is 4.56. The number of aromatic nitrogens is 3. The summed E-state index contributed by atoms with van der Waals surface area (Å²) in [6.45, 7) is -1.46. The number of rotatable bonds is 4. The Kier molecular flexibility index (Phi) is 5.29. The molecular weight excluding hydrogens is 449 g/mol. The third-order valence-electron chi connectivity index (χ3n) is 6.19. The molecule has 5 rings (SSSR count). The highest BCUT2D eigenvalue weighted by Crippen LogP contribution is 2.40. The zero-order valence-corrected chi connectivity index (χ0v) is 17.9. The quantitative estimate of drug-likeness (QED) is 0.467. The lowest BCUT2D eigenvalue weighted by Crippen LogP contribution is -2.34.